The van der Waals surface area contributed by atoms with Crippen LogP contribution in [0.25, 0.3) is 17.2 Å². The molecule has 2 aliphatic carbocycles. The Morgan fingerprint density at radius 1 is 1.17 bits per heavy atom. The van der Waals surface area contributed by atoms with Crippen molar-refractivity contribution in [3.8, 4) is 11.1 Å². The molecule has 4 atom stereocenters. The summed E-state index contributed by atoms with van der Waals surface area (Å²) in [6, 6.07) is 10.4. The SMILES string of the molecule is CS(=O)(=O)NC[C@H]1C[C@H]2CCCC[C@H]2[C@@H]1C=Cc1ccc(-c2cccc(F)c2)cn1. The van der Waals surface area contributed by atoms with Gasteiger partial charge in [0.1, 0.15) is 5.82 Å². The van der Waals surface area contributed by atoms with Crippen molar-refractivity contribution in [3.05, 3.63) is 60.2 Å². The van der Waals surface area contributed by atoms with Crippen LogP contribution in [0, 0.1) is 29.5 Å². The fourth-order valence-corrected chi connectivity index (χ4v) is 5.78. The second kappa shape index (κ2) is 8.98. The minimum absolute atomic E-state index is 0.256. The van der Waals surface area contributed by atoms with Crippen LogP contribution in [0.3, 0.4) is 0 Å². The normalized spacial score (nSPS) is 26.7. The van der Waals surface area contributed by atoms with Crippen LogP contribution >= 0.6 is 0 Å². The summed E-state index contributed by atoms with van der Waals surface area (Å²) < 4.78 is 39.4. The molecule has 0 unspecified atom stereocenters. The number of nitrogens with zero attached hydrogens (tertiary/aromatic N) is 1. The molecule has 2 fully saturated rings. The third-order valence-corrected chi connectivity index (χ3v) is 7.34. The first kappa shape index (κ1) is 21.2. The van der Waals surface area contributed by atoms with Crippen molar-refractivity contribution in [2.24, 2.45) is 23.7 Å². The molecule has 1 aromatic heterocycles. The van der Waals surface area contributed by atoms with E-state index in [1.807, 2.05) is 18.2 Å². The van der Waals surface area contributed by atoms with E-state index in [1.165, 1.54) is 44.1 Å². The maximum absolute atomic E-state index is 13.5. The van der Waals surface area contributed by atoms with E-state index in [4.69, 9.17) is 0 Å². The lowest BCUT2D eigenvalue weighted by Crippen LogP contribution is -2.30. The van der Waals surface area contributed by atoms with Crippen LogP contribution in [0.1, 0.15) is 37.8 Å². The zero-order valence-electron chi connectivity index (χ0n) is 17.3. The van der Waals surface area contributed by atoms with E-state index in [0.717, 1.165) is 23.2 Å². The molecule has 0 bridgehead atoms. The third kappa shape index (κ3) is 5.16. The monoisotopic (exact) mass is 428 g/mol. The Bertz CT molecular complexity index is 1000. The molecule has 4 rings (SSSR count). The first-order valence-electron chi connectivity index (χ1n) is 10.7. The van der Waals surface area contributed by atoms with Gasteiger partial charge in [-0.3, -0.25) is 4.98 Å². The number of rotatable bonds is 6. The lowest BCUT2D eigenvalue weighted by molar-refractivity contribution is 0.247. The molecule has 160 valence electrons. The van der Waals surface area contributed by atoms with Crippen molar-refractivity contribution < 1.29 is 12.8 Å². The summed E-state index contributed by atoms with van der Waals surface area (Å²) in [5.74, 6) is 1.77. The van der Waals surface area contributed by atoms with Crippen molar-refractivity contribution in [2.45, 2.75) is 32.1 Å². The van der Waals surface area contributed by atoms with Crippen LogP contribution in [0.15, 0.2) is 48.7 Å². The number of pyridine rings is 1. The Kier molecular flexibility index (Phi) is 6.34. The molecule has 0 amide bonds. The van der Waals surface area contributed by atoms with Gasteiger partial charge in [-0.25, -0.2) is 17.5 Å². The fourth-order valence-electron chi connectivity index (χ4n) is 5.26. The Hall–Kier alpha value is -2.05. The van der Waals surface area contributed by atoms with Crippen molar-refractivity contribution >= 4 is 16.1 Å². The molecule has 1 heterocycles. The van der Waals surface area contributed by atoms with Crippen LogP contribution < -0.4 is 4.72 Å². The Morgan fingerprint density at radius 2 is 2.00 bits per heavy atom. The number of aromatic nitrogens is 1. The lowest BCUT2D eigenvalue weighted by atomic mass is 9.77. The fraction of sp³-hybridized carbons (Fsp3) is 0.458. The van der Waals surface area contributed by atoms with Crippen LogP contribution in [0.5, 0.6) is 0 Å². The highest BCUT2D eigenvalue weighted by Gasteiger charge is 2.42. The number of fused-ring (bicyclic) bond motifs is 1. The topological polar surface area (TPSA) is 59.1 Å². The zero-order chi connectivity index (χ0) is 21.1. The van der Waals surface area contributed by atoms with Gasteiger partial charge in [-0.15, -0.1) is 0 Å². The van der Waals surface area contributed by atoms with Gasteiger partial charge in [0, 0.05) is 18.3 Å². The summed E-state index contributed by atoms with van der Waals surface area (Å²) >= 11 is 0. The summed E-state index contributed by atoms with van der Waals surface area (Å²) in [5.41, 5.74) is 2.56. The smallest absolute Gasteiger partial charge is 0.208 e. The standard InChI is InChI=1S/C24H29FN2O2S/c1-30(28,29)27-16-20-13-18-5-2-3-8-23(18)24(20)12-11-22-10-9-19(15-26-22)17-6-4-7-21(25)14-17/h4,6-7,9-12,14-15,18,20,23-24,27H,2-3,5,8,13,16H2,1H3/t18-,20-,23-,24-/m1/s1. The predicted octanol–water partition coefficient (Wildman–Crippen LogP) is 4.89. The zero-order valence-corrected chi connectivity index (χ0v) is 18.1. The average Bonchev–Trinajstić information content (AvgIpc) is 3.08. The Morgan fingerprint density at radius 3 is 2.73 bits per heavy atom. The molecule has 4 nitrogen and oxygen atoms in total. The maximum Gasteiger partial charge on any atom is 0.208 e. The van der Waals surface area contributed by atoms with E-state index in [2.05, 4.69) is 21.9 Å². The molecule has 6 heteroatoms. The van der Waals surface area contributed by atoms with Crippen molar-refractivity contribution in [2.75, 3.05) is 12.8 Å². The minimum atomic E-state index is -3.18. The van der Waals surface area contributed by atoms with E-state index in [0.29, 0.717) is 30.2 Å². The summed E-state index contributed by atoms with van der Waals surface area (Å²) in [4.78, 5) is 4.54. The molecule has 1 aromatic carbocycles. The molecular formula is C24H29FN2O2S. The Labute approximate surface area is 178 Å². The number of hydrogen-bond donors (Lipinski definition) is 1. The van der Waals surface area contributed by atoms with Gasteiger partial charge in [0.15, 0.2) is 0 Å². The lowest BCUT2D eigenvalue weighted by Gasteiger charge is -2.28. The van der Waals surface area contributed by atoms with Crippen LogP contribution in [0.2, 0.25) is 0 Å². The molecule has 0 spiro atoms. The highest BCUT2D eigenvalue weighted by molar-refractivity contribution is 7.88. The van der Waals surface area contributed by atoms with E-state index in [1.54, 1.807) is 12.3 Å². The van der Waals surface area contributed by atoms with Crippen LogP contribution in [-0.4, -0.2) is 26.2 Å². The summed E-state index contributed by atoms with van der Waals surface area (Å²) in [6.07, 6.45) is 13.4. The van der Waals surface area contributed by atoms with Gasteiger partial charge in [0.25, 0.3) is 0 Å². The van der Waals surface area contributed by atoms with E-state index >= 15 is 0 Å². The van der Waals surface area contributed by atoms with E-state index in [9.17, 15) is 12.8 Å². The molecular weight excluding hydrogens is 399 g/mol. The largest absolute Gasteiger partial charge is 0.256 e. The number of nitrogens with one attached hydrogen (secondary N) is 1. The number of allylic oxidation sites excluding steroid dienone is 1. The predicted molar refractivity (Wildman–Crippen MR) is 119 cm³/mol. The summed E-state index contributed by atoms with van der Waals surface area (Å²) in [6.45, 7) is 0.507. The molecule has 0 radical (unpaired) electrons. The van der Waals surface area contributed by atoms with Crippen LogP contribution in [-0.2, 0) is 10.0 Å². The van der Waals surface area contributed by atoms with Gasteiger partial charge < -0.3 is 0 Å². The van der Waals surface area contributed by atoms with Crippen LogP contribution in [0.4, 0.5) is 4.39 Å². The summed E-state index contributed by atoms with van der Waals surface area (Å²) in [5, 5.41) is 0. The highest BCUT2D eigenvalue weighted by atomic mass is 32.2. The van der Waals surface area contributed by atoms with Crippen molar-refractivity contribution in [1.82, 2.24) is 9.71 Å². The minimum Gasteiger partial charge on any atom is -0.256 e. The average molecular weight is 429 g/mol. The molecule has 2 saturated carbocycles. The number of benzene rings is 1. The van der Waals surface area contributed by atoms with Gasteiger partial charge in [-0.1, -0.05) is 43.5 Å². The van der Waals surface area contributed by atoms with Crippen molar-refractivity contribution in [3.63, 3.8) is 0 Å². The van der Waals surface area contributed by atoms with Gasteiger partial charge in [0.05, 0.1) is 11.9 Å². The number of hydrogen-bond acceptors (Lipinski definition) is 3. The first-order valence-corrected chi connectivity index (χ1v) is 12.6. The second-order valence-electron chi connectivity index (χ2n) is 8.74. The maximum atomic E-state index is 13.5. The number of sulfonamides is 1. The summed E-state index contributed by atoms with van der Waals surface area (Å²) in [7, 11) is -3.18. The quantitative estimate of drug-likeness (QED) is 0.712. The van der Waals surface area contributed by atoms with E-state index < -0.39 is 10.0 Å². The molecule has 0 saturated heterocycles. The molecule has 2 aliphatic rings. The van der Waals surface area contributed by atoms with Gasteiger partial charge in [-0.05, 0) is 66.4 Å². The molecule has 0 aliphatic heterocycles. The molecule has 1 N–H and O–H groups in total. The van der Waals surface area contributed by atoms with Crippen molar-refractivity contribution in [1.29, 1.82) is 0 Å². The third-order valence-electron chi connectivity index (χ3n) is 6.65. The molecule has 2 aromatic rings. The van der Waals surface area contributed by atoms with Gasteiger partial charge in [0.2, 0.25) is 10.0 Å². The Balaban J connectivity index is 1.49. The number of halogens is 1. The van der Waals surface area contributed by atoms with Gasteiger partial charge >= 0.3 is 0 Å². The second-order valence-corrected chi connectivity index (χ2v) is 10.6. The first-order chi connectivity index (χ1) is 14.4. The van der Waals surface area contributed by atoms with Gasteiger partial charge in [-0.2, -0.15) is 0 Å². The molecule has 30 heavy (non-hydrogen) atoms. The highest BCUT2D eigenvalue weighted by Crippen LogP contribution is 2.49. The van der Waals surface area contributed by atoms with E-state index in [-0.39, 0.29) is 5.82 Å².